The fourth-order valence-electron chi connectivity index (χ4n) is 4.94. The van der Waals surface area contributed by atoms with Gasteiger partial charge in [-0.3, -0.25) is 0 Å². The van der Waals surface area contributed by atoms with E-state index in [0.29, 0.717) is 13.1 Å². The van der Waals surface area contributed by atoms with Gasteiger partial charge in [0.05, 0.1) is 36.9 Å². The minimum absolute atomic E-state index is 0.447. The van der Waals surface area contributed by atoms with Crippen LogP contribution in [0.5, 0.6) is 0 Å². The molecule has 4 nitrogen and oxygen atoms in total. The predicted molar refractivity (Wildman–Crippen MR) is 151 cm³/mol. The number of hydrogen-bond donors (Lipinski definition) is 1. The summed E-state index contributed by atoms with van der Waals surface area (Å²) in [5.74, 6) is 0. The molecule has 0 unspecified atom stereocenters. The van der Waals surface area contributed by atoms with Gasteiger partial charge in [0.25, 0.3) is 0 Å². The van der Waals surface area contributed by atoms with Gasteiger partial charge in [-0.1, -0.05) is 78.9 Å². The summed E-state index contributed by atoms with van der Waals surface area (Å²) in [6, 6.07) is 35.4. The molecule has 5 heteroatoms. The quantitative estimate of drug-likeness (QED) is 0.220. The van der Waals surface area contributed by atoms with Crippen LogP contribution in [0.1, 0.15) is 0 Å². The lowest BCUT2D eigenvalue weighted by Crippen LogP contribution is -2.22. The average Bonchev–Trinajstić information content (AvgIpc) is 3.44. The molecule has 0 amide bonds. The van der Waals surface area contributed by atoms with Crippen molar-refractivity contribution in [3.05, 3.63) is 113 Å². The monoisotopic (exact) mass is 569 g/mol. The summed E-state index contributed by atoms with van der Waals surface area (Å²) >= 11 is 2.36. The number of aromatic nitrogens is 3. The highest BCUT2D eigenvalue weighted by Gasteiger charge is 2.19. The molecule has 1 atom stereocenters. The third kappa shape index (κ3) is 4.15. The first-order valence-corrected chi connectivity index (χ1v) is 12.8. The number of para-hydroxylation sites is 1. The Balaban J connectivity index is 1.39. The smallest absolute Gasteiger partial charge is 0.0963 e. The van der Waals surface area contributed by atoms with E-state index in [0.717, 1.165) is 33.5 Å². The average molecular weight is 569 g/mol. The third-order valence-electron chi connectivity index (χ3n) is 6.47. The Bertz CT molecular complexity index is 1620. The van der Waals surface area contributed by atoms with Gasteiger partial charge in [0.15, 0.2) is 0 Å². The van der Waals surface area contributed by atoms with E-state index in [1.165, 1.54) is 14.3 Å². The van der Waals surface area contributed by atoms with E-state index in [9.17, 15) is 5.11 Å². The number of hydrogen-bond acceptors (Lipinski definition) is 2. The molecule has 0 radical (unpaired) electrons. The first kappa shape index (κ1) is 22.1. The van der Waals surface area contributed by atoms with Crippen LogP contribution in [0.4, 0.5) is 0 Å². The van der Waals surface area contributed by atoms with Crippen LogP contribution in [0.15, 0.2) is 109 Å². The molecule has 1 N–H and O–H groups in total. The van der Waals surface area contributed by atoms with Crippen LogP contribution in [-0.4, -0.2) is 25.3 Å². The van der Waals surface area contributed by atoms with Crippen molar-refractivity contribution in [2.24, 2.45) is 0 Å². The lowest BCUT2D eigenvalue weighted by atomic mass is 10.0. The summed E-state index contributed by atoms with van der Waals surface area (Å²) in [7, 11) is 0. The minimum atomic E-state index is -0.589. The highest BCUT2D eigenvalue weighted by atomic mass is 127. The van der Waals surface area contributed by atoms with E-state index < -0.39 is 6.10 Å². The highest BCUT2D eigenvalue weighted by Crippen LogP contribution is 2.33. The summed E-state index contributed by atoms with van der Waals surface area (Å²) in [5.41, 5.74) is 6.38. The van der Waals surface area contributed by atoms with Crippen molar-refractivity contribution in [1.82, 2.24) is 14.1 Å². The molecule has 0 saturated heterocycles. The van der Waals surface area contributed by atoms with E-state index in [-0.39, 0.29) is 0 Å². The SMILES string of the molecule is O[C@H](Cn1cnc(-c2ccccc2)c1-c1ccccc1)Cn1c2ccccc2c2cc(I)ccc21. The van der Waals surface area contributed by atoms with Gasteiger partial charge in [-0.15, -0.1) is 0 Å². The second kappa shape index (κ2) is 9.32. The normalized spacial score (nSPS) is 12.4. The molecular weight excluding hydrogens is 545 g/mol. The lowest BCUT2D eigenvalue weighted by Gasteiger charge is -2.17. The van der Waals surface area contributed by atoms with Crippen molar-refractivity contribution in [2.75, 3.05) is 0 Å². The molecule has 0 aliphatic heterocycles. The number of imidazole rings is 1. The Morgan fingerprint density at radius 2 is 1.37 bits per heavy atom. The van der Waals surface area contributed by atoms with Gasteiger partial charge >= 0.3 is 0 Å². The molecule has 0 aliphatic carbocycles. The Morgan fingerprint density at radius 3 is 2.14 bits per heavy atom. The minimum Gasteiger partial charge on any atom is -0.389 e. The number of aliphatic hydroxyl groups is 1. The number of fused-ring (bicyclic) bond motifs is 3. The molecule has 0 saturated carbocycles. The summed E-state index contributed by atoms with van der Waals surface area (Å²) in [6.45, 7) is 0.945. The first-order chi connectivity index (χ1) is 17.2. The first-order valence-electron chi connectivity index (χ1n) is 11.7. The fraction of sp³-hybridized carbons (Fsp3) is 0.100. The Morgan fingerprint density at radius 1 is 0.714 bits per heavy atom. The summed E-state index contributed by atoms with van der Waals surface area (Å²) in [6.07, 6.45) is 1.26. The van der Waals surface area contributed by atoms with Crippen LogP contribution in [0, 0.1) is 3.57 Å². The van der Waals surface area contributed by atoms with Gasteiger partial charge in [-0.25, -0.2) is 4.98 Å². The molecular formula is C30H24IN3O. The van der Waals surface area contributed by atoms with Crippen molar-refractivity contribution in [1.29, 1.82) is 0 Å². The van der Waals surface area contributed by atoms with E-state index in [1.807, 2.05) is 42.7 Å². The van der Waals surface area contributed by atoms with Crippen molar-refractivity contribution in [3.8, 4) is 22.5 Å². The van der Waals surface area contributed by atoms with E-state index in [1.54, 1.807) is 0 Å². The zero-order valence-electron chi connectivity index (χ0n) is 19.1. The van der Waals surface area contributed by atoms with E-state index in [2.05, 4.69) is 98.5 Å². The van der Waals surface area contributed by atoms with Crippen LogP contribution in [0.25, 0.3) is 44.3 Å². The molecule has 6 aromatic rings. The van der Waals surface area contributed by atoms with Crippen LogP contribution >= 0.6 is 22.6 Å². The molecule has 0 fully saturated rings. The lowest BCUT2D eigenvalue weighted by molar-refractivity contribution is 0.137. The van der Waals surface area contributed by atoms with E-state index in [4.69, 9.17) is 4.98 Å². The number of aliphatic hydroxyl groups excluding tert-OH is 1. The molecule has 4 aromatic carbocycles. The third-order valence-corrected chi connectivity index (χ3v) is 7.14. The molecule has 172 valence electrons. The molecule has 0 bridgehead atoms. The van der Waals surface area contributed by atoms with E-state index >= 15 is 0 Å². The zero-order valence-corrected chi connectivity index (χ0v) is 21.2. The second-order valence-electron chi connectivity index (χ2n) is 8.77. The standard InChI is InChI=1S/C30H24IN3O/c31-23-15-16-28-26(17-23)25-13-7-8-14-27(25)34(28)19-24(35)18-33-20-32-29(21-9-3-1-4-10-21)30(33)22-11-5-2-6-12-22/h1-17,20,24,35H,18-19H2/t24-/m1/s1. The topological polar surface area (TPSA) is 43.0 Å². The maximum absolute atomic E-state index is 11.3. The van der Waals surface area contributed by atoms with Crippen LogP contribution < -0.4 is 0 Å². The maximum Gasteiger partial charge on any atom is 0.0963 e. The fourth-order valence-corrected chi connectivity index (χ4v) is 5.44. The summed E-state index contributed by atoms with van der Waals surface area (Å²) < 4.78 is 5.53. The van der Waals surface area contributed by atoms with Crippen LogP contribution in [-0.2, 0) is 13.1 Å². The number of rotatable bonds is 6. The van der Waals surface area contributed by atoms with Gasteiger partial charge in [0.2, 0.25) is 0 Å². The summed E-state index contributed by atoms with van der Waals surface area (Å²) in [5, 5.41) is 13.8. The predicted octanol–water partition coefficient (Wildman–Crippen LogP) is 6.99. The largest absolute Gasteiger partial charge is 0.389 e. The van der Waals surface area contributed by atoms with Gasteiger partial charge < -0.3 is 14.2 Å². The second-order valence-corrected chi connectivity index (χ2v) is 10.0. The Hall–Kier alpha value is -3.42. The van der Waals surface area contributed by atoms with Crippen molar-refractivity contribution < 1.29 is 5.11 Å². The Labute approximate surface area is 217 Å². The van der Waals surface area contributed by atoms with Crippen LogP contribution in [0.2, 0.25) is 0 Å². The highest BCUT2D eigenvalue weighted by molar-refractivity contribution is 14.1. The number of benzene rings is 4. The molecule has 35 heavy (non-hydrogen) atoms. The Kier molecular flexibility index (Phi) is 5.88. The van der Waals surface area contributed by atoms with Crippen molar-refractivity contribution in [3.63, 3.8) is 0 Å². The van der Waals surface area contributed by atoms with Gasteiger partial charge in [0, 0.05) is 36.5 Å². The van der Waals surface area contributed by atoms with Gasteiger partial charge in [0.1, 0.15) is 0 Å². The van der Waals surface area contributed by atoms with Crippen molar-refractivity contribution >= 4 is 44.4 Å². The number of halogens is 1. The van der Waals surface area contributed by atoms with Gasteiger partial charge in [-0.05, 0) is 46.9 Å². The molecule has 0 aliphatic rings. The molecule has 0 spiro atoms. The van der Waals surface area contributed by atoms with Crippen molar-refractivity contribution in [2.45, 2.75) is 19.2 Å². The van der Waals surface area contributed by atoms with Crippen LogP contribution in [0.3, 0.4) is 0 Å². The zero-order chi connectivity index (χ0) is 23.8. The molecule has 6 rings (SSSR count). The molecule has 2 heterocycles. The van der Waals surface area contributed by atoms with Gasteiger partial charge in [-0.2, -0.15) is 0 Å². The maximum atomic E-state index is 11.3. The number of nitrogens with zero attached hydrogens (tertiary/aromatic N) is 3. The molecule has 2 aromatic heterocycles. The summed E-state index contributed by atoms with van der Waals surface area (Å²) in [4.78, 5) is 4.77.